The van der Waals surface area contributed by atoms with E-state index in [4.69, 9.17) is 0 Å². The van der Waals surface area contributed by atoms with Crippen molar-refractivity contribution in [1.82, 2.24) is 14.9 Å². The van der Waals surface area contributed by atoms with Gasteiger partial charge in [0.15, 0.2) is 0 Å². The Morgan fingerprint density at radius 2 is 1.67 bits per heavy atom. The first-order valence-electron chi connectivity index (χ1n) is 8.99. The van der Waals surface area contributed by atoms with E-state index in [1.54, 1.807) is 29.6 Å². The second kappa shape index (κ2) is 8.94. The topological polar surface area (TPSA) is 49.3 Å². The molecule has 0 unspecified atom stereocenters. The van der Waals surface area contributed by atoms with Crippen molar-refractivity contribution in [2.45, 2.75) is 13.0 Å². The van der Waals surface area contributed by atoms with Gasteiger partial charge in [-0.2, -0.15) is 0 Å². The Labute approximate surface area is 160 Å². The summed E-state index contributed by atoms with van der Waals surface area (Å²) in [5, 5.41) is 0. The van der Waals surface area contributed by atoms with Gasteiger partial charge < -0.3 is 9.80 Å². The third kappa shape index (κ3) is 5.14. The van der Waals surface area contributed by atoms with Crippen molar-refractivity contribution in [3.05, 3.63) is 89.9 Å². The van der Waals surface area contributed by atoms with E-state index in [1.807, 2.05) is 55.4 Å². The molecular formula is C22H24N4O. The van der Waals surface area contributed by atoms with Gasteiger partial charge in [-0.3, -0.25) is 9.78 Å². The van der Waals surface area contributed by atoms with Gasteiger partial charge in [-0.15, -0.1) is 0 Å². The Balaban J connectivity index is 1.64. The quantitative estimate of drug-likeness (QED) is 0.648. The maximum absolute atomic E-state index is 12.8. The minimum Gasteiger partial charge on any atom is -0.355 e. The summed E-state index contributed by atoms with van der Waals surface area (Å²) >= 11 is 0. The van der Waals surface area contributed by atoms with Crippen LogP contribution < -0.4 is 4.90 Å². The molecule has 0 saturated heterocycles. The van der Waals surface area contributed by atoms with Crippen molar-refractivity contribution in [3.63, 3.8) is 0 Å². The lowest BCUT2D eigenvalue weighted by atomic mass is 10.1. The van der Waals surface area contributed by atoms with Crippen LogP contribution in [0.3, 0.4) is 0 Å². The monoisotopic (exact) mass is 360 g/mol. The van der Waals surface area contributed by atoms with Crippen LogP contribution in [0.1, 0.15) is 21.5 Å². The fraction of sp³-hybridized carbons (Fsp3) is 0.227. The van der Waals surface area contributed by atoms with Gasteiger partial charge in [0, 0.05) is 51.3 Å². The Morgan fingerprint density at radius 3 is 2.41 bits per heavy atom. The Kier molecular flexibility index (Phi) is 6.15. The summed E-state index contributed by atoms with van der Waals surface area (Å²) < 4.78 is 0. The average Bonchev–Trinajstić information content (AvgIpc) is 2.73. The number of pyridine rings is 2. The highest BCUT2D eigenvalue weighted by Gasteiger charge is 2.14. The molecule has 3 aromatic rings. The average molecular weight is 360 g/mol. The van der Waals surface area contributed by atoms with Crippen LogP contribution in [0.15, 0.2) is 73.2 Å². The van der Waals surface area contributed by atoms with Crippen molar-refractivity contribution < 1.29 is 4.79 Å². The Hall–Kier alpha value is -3.21. The van der Waals surface area contributed by atoms with E-state index in [2.05, 4.69) is 22.1 Å². The maximum atomic E-state index is 12.8. The number of rotatable bonds is 7. The Morgan fingerprint density at radius 1 is 0.926 bits per heavy atom. The van der Waals surface area contributed by atoms with Gasteiger partial charge in [0.25, 0.3) is 5.91 Å². The molecule has 2 heterocycles. The largest absolute Gasteiger partial charge is 0.355 e. The highest BCUT2D eigenvalue weighted by Crippen LogP contribution is 2.15. The molecular weight excluding hydrogens is 336 g/mol. The third-order valence-electron chi connectivity index (χ3n) is 4.48. The summed E-state index contributed by atoms with van der Waals surface area (Å²) in [4.78, 5) is 25.0. The lowest BCUT2D eigenvalue weighted by molar-refractivity contribution is 0.0796. The number of hydrogen-bond donors (Lipinski definition) is 0. The number of amides is 1. The van der Waals surface area contributed by atoms with E-state index in [0.717, 1.165) is 18.8 Å². The number of anilines is 1. The number of nitrogens with zero attached hydrogens (tertiary/aromatic N) is 4. The molecule has 2 aromatic heterocycles. The standard InChI is InChI=1S/C22H24N4O/c1-25(15-11-18-8-12-23-13-9-18)22(27)20-10-14-24-21(16-20)26(2)17-19-6-4-3-5-7-19/h3-10,12-14,16H,11,15,17H2,1-2H3. The molecule has 27 heavy (non-hydrogen) atoms. The molecule has 0 aliphatic carbocycles. The van der Waals surface area contributed by atoms with E-state index in [0.29, 0.717) is 12.1 Å². The fourth-order valence-electron chi connectivity index (χ4n) is 2.87. The molecule has 1 amide bonds. The molecule has 0 bridgehead atoms. The smallest absolute Gasteiger partial charge is 0.253 e. The number of carbonyl (C=O) groups is 1. The number of benzene rings is 1. The summed E-state index contributed by atoms with van der Waals surface area (Å²) in [6.45, 7) is 1.39. The second-order valence-corrected chi connectivity index (χ2v) is 6.58. The van der Waals surface area contributed by atoms with Crippen LogP contribution in [-0.2, 0) is 13.0 Å². The van der Waals surface area contributed by atoms with Gasteiger partial charge in [0.2, 0.25) is 0 Å². The Bertz CT molecular complexity index is 868. The minimum absolute atomic E-state index is 0.000757. The number of likely N-dealkylation sites (N-methyl/N-ethyl adjacent to an activating group) is 1. The molecule has 0 atom stereocenters. The van der Waals surface area contributed by atoms with Gasteiger partial charge in [-0.25, -0.2) is 4.98 Å². The van der Waals surface area contributed by atoms with Gasteiger partial charge in [0.05, 0.1) is 0 Å². The summed E-state index contributed by atoms with van der Waals surface area (Å²) in [6, 6.07) is 17.8. The van der Waals surface area contributed by atoms with Crippen LogP contribution in [0.5, 0.6) is 0 Å². The van der Waals surface area contributed by atoms with E-state index < -0.39 is 0 Å². The molecule has 0 aliphatic rings. The highest BCUT2D eigenvalue weighted by molar-refractivity contribution is 5.94. The first kappa shape index (κ1) is 18.6. The van der Waals surface area contributed by atoms with E-state index in [-0.39, 0.29) is 5.91 Å². The molecule has 5 nitrogen and oxygen atoms in total. The van der Waals surface area contributed by atoms with Crippen molar-refractivity contribution >= 4 is 11.7 Å². The summed E-state index contributed by atoms with van der Waals surface area (Å²) in [6.07, 6.45) is 6.04. The number of hydrogen-bond acceptors (Lipinski definition) is 4. The molecule has 0 spiro atoms. The molecule has 1 aromatic carbocycles. The molecule has 138 valence electrons. The predicted molar refractivity (Wildman–Crippen MR) is 108 cm³/mol. The van der Waals surface area contributed by atoms with Crippen LogP contribution in [-0.4, -0.2) is 41.4 Å². The van der Waals surface area contributed by atoms with Crippen molar-refractivity contribution in [3.8, 4) is 0 Å². The number of aromatic nitrogens is 2. The van der Waals surface area contributed by atoms with Gasteiger partial charge >= 0.3 is 0 Å². The van der Waals surface area contributed by atoms with Crippen LogP contribution in [0, 0.1) is 0 Å². The lowest BCUT2D eigenvalue weighted by Crippen LogP contribution is -2.29. The second-order valence-electron chi connectivity index (χ2n) is 6.58. The van der Waals surface area contributed by atoms with Crippen LogP contribution in [0.2, 0.25) is 0 Å². The van der Waals surface area contributed by atoms with Crippen molar-refractivity contribution in [2.75, 3.05) is 25.5 Å². The SMILES string of the molecule is CN(CCc1ccncc1)C(=O)c1ccnc(N(C)Cc2ccccc2)c1. The third-order valence-corrected chi connectivity index (χ3v) is 4.48. The zero-order valence-electron chi connectivity index (χ0n) is 15.7. The molecule has 0 aliphatic heterocycles. The summed E-state index contributed by atoms with van der Waals surface area (Å²) in [5.74, 6) is 0.785. The molecule has 0 radical (unpaired) electrons. The normalized spacial score (nSPS) is 10.4. The number of carbonyl (C=O) groups excluding carboxylic acids is 1. The van der Waals surface area contributed by atoms with E-state index in [1.165, 1.54) is 11.1 Å². The molecule has 0 saturated carbocycles. The molecule has 5 heteroatoms. The highest BCUT2D eigenvalue weighted by atomic mass is 16.2. The molecule has 0 N–H and O–H groups in total. The summed E-state index contributed by atoms with van der Waals surface area (Å²) in [7, 11) is 3.81. The lowest BCUT2D eigenvalue weighted by Gasteiger charge is -2.21. The van der Waals surface area contributed by atoms with Crippen molar-refractivity contribution in [2.24, 2.45) is 0 Å². The predicted octanol–water partition coefficient (Wildman–Crippen LogP) is 3.43. The minimum atomic E-state index is 0.000757. The van der Waals surface area contributed by atoms with E-state index >= 15 is 0 Å². The zero-order chi connectivity index (χ0) is 19.1. The van der Waals surface area contributed by atoms with Crippen molar-refractivity contribution in [1.29, 1.82) is 0 Å². The van der Waals surface area contributed by atoms with Crippen LogP contribution in [0.4, 0.5) is 5.82 Å². The fourth-order valence-corrected chi connectivity index (χ4v) is 2.87. The maximum Gasteiger partial charge on any atom is 0.253 e. The first-order chi connectivity index (χ1) is 13.1. The van der Waals surface area contributed by atoms with Gasteiger partial charge in [-0.05, 0) is 41.8 Å². The van der Waals surface area contributed by atoms with Crippen LogP contribution in [0.25, 0.3) is 0 Å². The summed E-state index contributed by atoms with van der Waals surface area (Å²) in [5.41, 5.74) is 3.02. The van der Waals surface area contributed by atoms with Gasteiger partial charge in [-0.1, -0.05) is 30.3 Å². The van der Waals surface area contributed by atoms with E-state index in [9.17, 15) is 4.79 Å². The van der Waals surface area contributed by atoms with Gasteiger partial charge in [0.1, 0.15) is 5.82 Å². The zero-order valence-corrected chi connectivity index (χ0v) is 15.7. The molecule has 0 fully saturated rings. The molecule has 3 rings (SSSR count). The van der Waals surface area contributed by atoms with Crippen LogP contribution >= 0.6 is 0 Å². The first-order valence-corrected chi connectivity index (χ1v) is 8.99.